The van der Waals surface area contributed by atoms with E-state index in [1.54, 1.807) is 4.90 Å². The van der Waals surface area contributed by atoms with E-state index in [2.05, 4.69) is 0 Å². The van der Waals surface area contributed by atoms with Crippen LogP contribution in [0.1, 0.15) is 26.7 Å². The summed E-state index contributed by atoms with van der Waals surface area (Å²) in [6, 6.07) is -0.457. The van der Waals surface area contributed by atoms with Gasteiger partial charge in [-0.15, -0.1) is 0 Å². The second-order valence-electron chi connectivity index (χ2n) is 5.00. The molecule has 0 radical (unpaired) electrons. The summed E-state index contributed by atoms with van der Waals surface area (Å²) >= 11 is 0. The number of carbonyl (C=O) groups excluding carboxylic acids is 1. The summed E-state index contributed by atoms with van der Waals surface area (Å²) < 4.78 is 5.21. The van der Waals surface area contributed by atoms with Crippen molar-refractivity contribution < 1.29 is 19.4 Å². The van der Waals surface area contributed by atoms with Gasteiger partial charge in [-0.1, -0.05) is 13.8 Å². The standard InChI is InChI=1S/C12H22N2O4/c1-8(2)11(13)12(17)14-5-3-9(4-6-14)18-7-10(15)16/h8-9,11H,3-7,13H2,1-2H3,(H,15,16)/t11-/m0/s1. The number of ether oxygens (including phenoxy) is 1. The fourth-order valence-electron chi connectivity index (χ4n) is 1.93. The molecular weight excluding hydrogens is 236 g/mol. The normalized spacial score (nSPS) is 19.0. The Kier molecular flexibility index (Phi) is 5.55. The number of aliphatic carboxylic acids is 1. The van der Waals surface area contributed by atoms with Crippen LogP contribution >= 0.6 is 0 Å². The number of likely N-dealkylation sites (tertiary alicyclic amines) is 1. The number of hydrogen-bond donors (Lipinski definition) is 2. The highest BCUT2D eigenvalue weighted by atomic mass is 16.5. The lowest BCUT2D eigenvalue weighted by Gasteiger charge is -2.33. The molecule has 0 aromatic rings. The Labute approximate surface area is 107 Å². The van der Waals surface area contributed by atoms with Crippen molar-refractivity contribution in [2.75, 3.05) is 19.7 Å². The number of nitrogens with two attached hydrogens (primary N) is 1. The highest BCUT2D eigenvalue weighted by Crippen LogP contribution is 2.15. The van der Waals surface area contributed by atoms with Crippen LogP contribution in [0.2, 0.25) is 0 Å². The zero-order valence-corrected chi connectivity index (χ0v) is 11.0. The van der Waals surface area contributed by atoms with Crippen LogP contribution in [-0.2, 0) is 14.3 Å². The van der Waals surface area contributed by atoms with E-state index in [-0.39, 0.29) is 24.5 Å². The number of carboxylic acid groups (broad SMARTS) is 1. The molecule has 1 atom stereocenters. The van der Waals surface area contributed by atoms with Crippen LogP contribution in [0.4, 0.5) is 0 Å². The summed E-state index contributed by atoms with van der Waals surface area (Å²) in [7, 11) is 0. The highest BCUT2D eigenvalue weighted by molar-refractivity contribution is 5.82. The van der Waals surface area contributed by atoms with E-state index in [0.717, 1.165) is 0 Å². The molecule has 0 aromatic carbocycles. The van der Waals surface area contributed by atoms with Gasteiger partial charge < -0.3 is 20.5 Å². The van der Waals surface area contributed by atoms with E-state index < -0.39 is 12.0 Å². The van der Waals surface area contributed by atoms with Crippen molar-refractivity contribution in [1.82, 2.24) is 4.90 Å². The number of nitrogens with zero attached hydrogens (tertiary/aromatic N) is 1. The third-order valence-electron chi connectivity index (χ3n) is 3.20. The minimum Gasteiger partial charge on any atom is -0.480 e. The Morgan fingerprint density at radius 2 is 1.94 bits per heavy atom. The van der Waals surface area contributed by atoms with Crippen molar-refractivity contribution in [2.24, 2.45) is 11.7 Å². The van der Waals surface area contributed by atoms with Gasteiger partial charge in [0.2, 0.25) is 5.91 Å². The van der Waals surface area contributed by atoms with Gasteiger partial charge in [-0.3, -0.25) is 4.79 Å². The third-order valence-corrected chi connectivity index (χ3v) is 3.20. The average molecular weight is 258 g/mol. The molecule has 6 heteroatoms. The maximum absolute atomic E-state index is 12.0. The molecule has 0 aliphatic carbocycles. The SMILES string of the molecule is CC(C)[C@H](N)C(=O)N1CCC(OCC(=O)O)CC1. The third kappa shape index (κ3) is 4.27. The fourth-order valence-corrected chi connectivity index (χ4v) is 1.93. The Hall–Kier alpha value is -1.14. The van der Waals surface area contributed by atoms with Gasteiger partial charge >= 0.3 is 5.97 Å². The molecule has 1 saturated heterocycles. The second-order valence-corrected chi connectivity index (χ2v) is 5.00. The molecule has 1 rings (SSSR count). The van der Waals surface area contributed by atoms with Gasteiger partial charge in [0.05, 0.1) is 12.1 Å². The molecular formula is C12H22N2O4. The van der Waals surface area contributed by atoms with Crippen LogP contribution in [0.15, 0.2) is 0 Å². The first-order valence-electron chi connectivity index (χ1n) is 6.29. The van der Waals surface area contributed by atoms with Gasteiger partial charge in [-0.25, -0.2) is 4.79 Å². The molecule has 1 amide bonds. The fraction of sp³-hybridized carbons (Fsp3) is 0.833. The number of amides is 1. The van der Waals surface area contributed by atoms with Crippen molar-refractivity contribution >= 4 is 11.9 Å². The van der Waals surface area contributed by atoms with Crippen molar-refractivity contribution in [1.29, 1.82) is 0 Å². The predicted octanol–water partition coefficient (Wildman–Crippen LogP) is 0.0619. The first-order chi connectivity index (χ1) is 8.41. The number of carbonyl (C=O) groups is 2. The second kappa shape index (κ2) is 6.70. The molecule has 104 valence electrons. The van der Waals surface area contributed by atoms with Crippen LogP contribution < -0.4 is 5.73 Å². The lowest BCUT2D eigenvalue weighted by atomic mass is 10.0. The van der Waals surface area contributed by atoms with Crippen molar-refractivity contribution in [2.45, 2.75) is 38.8 Å². The molecule has 0 spiro atoms. The minimum atomic E-state index is -0.963. The van der Waals surface area contributed by atoms with Gasteiger partial charge in [0, 0.05) is 13.1 Å². The lowest BCUT2D eigenvalue weighted by molar-refractivity contribution is -0.147. The first-order valence-corrected chi connectivity index (χ1v) is 6.29. The topological polar surface area (TPSA) is 92.9 Å². The van der Waals surface area contributed by atoms with Gasteiger partial charge in [-0.2, -0.15) is 0 Å². The van der Waals surface area contributed by atoms with E-state index >= 15 is 0 Å². The van der Waals surface area contributed by atoms with E-state index in [4.69, 9.17) is 15.6 Å². The number of carboxylic acids is 1. The lowest BCUT2D eigenvalue weighted by Crippen LogP contribution is -2.50. The Balaban J connectivity index is 2.35. The average Bonchev–Trinajstić information content (AvgIpc) is 2.35. The molecule has 1 aliphatic rings. The van der Waals surface area contributed by atoms with Gasteiger partial charge in [0.1, 0.15) is 6.61 Å². The number of piperidine rings is 1. The van der Waals surface area contributed by atoms with E-state index in [1.165, 1.54) is 0 Å². The van der Waals surface area contributed by atoms with Gasteiger partial charge in [0.25, 0.3) is 0 Å². The molecule has 0 saturated carbocycles. The van der Waals surface area contributed by atoms with E-state index in [9.17, 15) is 9.59 Å². The monoisotopic (exact) mass is 258 g/mol. The van der Waals surface area contributed by atoms with E-state index in [0.29, 0.717) is 25.9 Å². The van der Waals surface area contributed by atoms with Crippen LogP contribution in [-0.4, -0.2) is 53.7 Å². The first kappa shape index (κ1) is 14.9. The predicted molar refractivity (Wildman–Crippen MR) is 66.0 cm³/mol. The summed E-state index contributed by atoms with van der Waals surface area (Å²) in [5, 5.41) is 8.51. The van der Waals surface area contributed by atoms with Crippen molar-refractivity contribution in [3.8, 4) is 0 Å². The highest BCUT2D eigenvalue weighted by Gasteiger charge is 2.28. The summed E-state index contributed by atoms with van der Waals surface area (Å²) in [5.41, 5.74) is 5.82. The smallest absolute Gasteiger partial charge is 0.329 e. The Morgan fingerprint density at radius 3 is 2.39 bits per heavy atom. The van der Waals surface area contributed by atoms with Crippen molar-refractivity contribution in [3.05, 3.63) is 0 Å². The molecule has 6 nitrogen and oxygen atoms in total. The summed E-state index contributed by atoms with van der Waals surface area (Å²) in [6.07, 6.45) is 1.27. The van der Waals surface area contributed by atoms with Crippen LogP contribution in [0.5, 0.6) is 0 Å². The summed E-state index contributed by atoms with van der Waals surface area (Å²) in [6.45, 7) is 4.74. The van der Waals surface area contributed by atoms with Gasteiger partial charge in [0.15, 0.2) is 0 Å². The molecule has 1 aliphatic heterocycles. The van der Waals surface area contributed by atoms with Crippen LogP contribution in [0.3, 0.4) is 0 Å². The largest absolute Gasteiger partial charge is 0.480 e. The van der Waals surface area contributed by atoms with Crippen molar-refractivity contribution in [3.63, 3.8) is 0 Å². The number of rotatable bonds is 5. The molecule has 1 heterocycles. The minimum absolute atomic E-state index is 0.0262. The van der Waals surface area contributed by atoms with Crippen LogP contribution in [0.25, 0.3) is 0 Å². The number of hydrogen-bond acceptors (Lipinski definition) is 4. The molecule has 0 bridgehead atoms. The summed E-state index contributed by atoms with van der Waals surface area (Å²) in [5.74, 6) is -0.865. The Bertz CT molecular complexity index is 298. The molecule has 0 unspecified atom stereocenters. The van der Waals surface area contributed by atoms with E-state index in [1.807, 2.05) is 13.8 Å². The quantitative estimate of drug-likeness (QED) is 0.727. The molecule has 3 N–H and O–H groups in total. The maximum atomic E-state index is 12.0. The zero-order valence-electron chi connectivity index (χ0n) is 11.0. The molecule has 1 fully saturated rings. The summed E-state index contributed by atoms with van der Waals surface area (Å²) in [4.78, 5) is 24.1. The maximum Gasteiger partial charge on any atom is 0.329 e. The van der Waals surface area contributed by atoms with Gasteiger partial charge in [-0.05, 0) is 18.8 Å². The Morgan fingerprint density at radius 1 is 1.39 bits per heavy atom. The van der Waals surface area contributed by atoms with Crippen LogP contribution in [0, 0.1) is 5.92 Å². The molecule has 18 heavy (non-hydrogen) atoms. The molecule has 0 aromatic heterocycles. The zero-order chi connectivity index (χ0) is 13.7.